The van der Waals surface area contributed by atoms with E-state index in [2.05, 4.69) is 27.9 Å². The highest BCUT2D eigenvalue weighted by Gasteiger charge is 2.09. The fourth-order valence-corrected chi connectivity index (χ4v) is 2.70. The number of aromatic nitrogens is 2. The van der Waals surface area contributed by atoms with Crippen LogP contribution >= 0.6 is 0 Å². The number of nitrogens with zero attached hydrogens (tertiary/aromatic N) is 2. The van der Waals surface area contributed by atoms with Crippen LogP contribution in [0.1, 0.15) is 12.7 Å². The van der Waals surface area contributed by atoms with E-state index >= 15 is 0 Å². The molecule has 5 heteroatoms. The molecule has 0 unspecified atom stereocenters. The summed E-state index contributed by atoms with van der Waals surface area (Å²) in [5.74, 6) is 1.56. The van der Waals surface area contributed by atoms with Crippen molar-refractivity contribution < 1.29 is 9.53 Å². The lowest BCUT2D eigenvalue weighted by molar-refractivity contribution is -0.123. The maximum atomic E-state index is 11.9. The lowest BCUT2D eigenvalue weighted by atomic mass is 10.3. The molecule has 0 radical (unpaired) electrons. The first-order chi connectivity index (χ1) is 11.8. The maximum absolute atomic E-state index is 11.9. The summed E-state index contributed by atoms with van der Waals surface area (Å²) in [6.45, 7) is 3.53. The smallest absolute Gasteiger partial charge is 0.257 e. The first-order valence-electron chi connectivity index (χ1n) is 8.16. The van der Waals surface area contributed by atoms with Crippen LogP contribution in [0.15, 0.2) is 54.6 Å². The predicted molar refractivity (Wildman–Crippen MR) is 94.1 cm³/mol. The van der Waals surface area contributed by atoms with Crippen LogP contribution in [0.2, 0.25) is 0 Å². The second-order valence-electron chi connectivity index (χ2n) is 5.46. The van der Waals surface area contributed by atoms with Crippen molar-refractivity contribution in [2.45, 2.75) is 19.9 Å². The Morgan fingerprint density at radius 3 is 2.67 bits per heavy atom. The van der Waals surface area contributed by atoms with Crippen molar-refractivity contribution in [2.24, 2.45) is 0 Å². The van der Waals surface area contributed by atoms with Crippen LogP contribution in [0, 0.1) is 0 Å². The lowest BCUT2D eigenvalue weighted by Crippen LogP contribution is -2.31. The van der Waals surface area contributed by atoms with Crippen LogP contribution in [0.4, 0.5) is 0 Å². The van der Waals surface area contributed by atoms with Gasteiger partial charge in [0.2, 0.25) is 0 Å². The van der Waals surface area contributed by atoms with E-state index in [1.807, 2.05) is 48.5 Å². The molecule has 3 rings (SSSR count). The van der Waals surface area contributed by atoms with Gasteiger partial charge in [-0.15, -0.1) is 0 Å². The molecule has 124 valence electrons. The van der Waals surface area contributed by atoms with Crippen LogP contribution in [0.25, 0.3) is 11.0 Å². The molecule has 2 aromatic carbocycles. The summed E-state index contributed by atoms with van der Waals surface area (Å²) in [7, 11) is 0. The maximum Gasteiger partial charge on any atom is 0.257 e. The van der Waals surface area contributed by atoms with Gasteiger partial charge in [-0.2, -0.15) is 0 Å². The van der Waals surface area contributed by atoms with Gasteiger partial charge >= 0.3 is 0 Å². The Bertz CT molecular complexity index is 812. The first-order valence-corrected chi connectivity index (χ1v) is 8.16. The number of hydrogen-bond acceptors (Lipinski definition) is 3. The Kier molecular flexibility index (Phi) is 5.11. The molecule has 0 aliphatic heterocycles. The fourth-order valence-electron chi connectivity index (χ4n) is 2.70. The second kappa shape index (κ2) is 7.64. The minimum absolute atomic E-state index is 0.0220. The summed E-state index contributed by atoms with van der Waals surface area (Å²) >= 11 is 0. The molecule has 0 aliphatic rings. The molecule has 0 bridgehead atoms. The van der Waals surface area contributed by atoms with Crippen molar-refractivity contribution in [2.75, 3.05) is 13.2 Å². The number of benzene rings is 2. The van der Waals surface area contributed by atoms with Crippen LogP contribution in [-0.4, -0.2) is 28.6 Å². The van der Waals surface area contributed by atoms with E-state index in [-0.39, 0.29) is 12.5 Å². The predicted octanol–water partition coefficient (Wildman–Crippen LogP) is 2.79. The number of fused-ring (bicyclic) bond motifs is 1. The molecule has 0 aliphatic carbocycles. The molecule has 1 N–H and O–H groups in total. The molecule has 0 saturated carbocycles. The molecule has 0 atom stereocenters. The molecule has 1 aromatic heterocycles. The van der Waals surface area contributed by atoms with Crippen LogP contribution in [0.3, 0.4) is 0 Å². The van der Waals surface area contributed by atoms with Crippen molar-refractivity contribution in [3.63, 3.8) is 0 Å². The van der Waals surface area contributed by atoms with Crippen LogP contribution < -0.4 is 10.1 Å². The van der Waals surface area contributed by atoms with Crippen molar-refractivity contribution >= 4 is 16.9 Å². The van der Waals surface area contributed by atoms with Gasteiger partial charge in [0.25, 0.3) is 5.91 Å². The number of rotatable bonds is 7. The van der Waals surface area contributed by atoms with Gasteiger partial charge in [-0.1, -0.05) is 30.3 Å². The molecule has 0 fully saturated rings. The van der Waals surface area contributed by atoms with Gasteiger partial charge in [0.15, 0.2) is 6.61 Å². The number of amides is 1. The third-order valence-corrected chi connectivity index (χ3v) is 3.83. The van der Waals surface area contributed by atoms with Gasteiger partial charge in [0, 0.05) is 19.5 Å². The van der Waals surface area contributed by atoms with E-state index in [9.17, 15) is 4.79 Å². The standard InChI is InChI=1S/C19H21N3O2/c1-2-22-17-11-7-6-10-16(17)21-18(22)12-13-20-19(23)14-24-15-8-4-3-5-9-15/h3-11H,2,12-14H2,1H3,(H,20,23). The summed E-state index contributed by atoms with van der Waals surface area (Å²) in [6, 6.07) is 17.4. The largest absolute Gasteiger partial charge is 0.484 e. The molecular weight excluding hydrogens is 302 g/mol. The lowest BCUT2D eigenvalue weighted by Gasteiger charge is -2.08. The number of nitrogens with one attached hydrogen (secondary N) is 1. The van der Waals surface area contributed by atoms with Gasteiger partial charge in [-0.3, -0.25) is 4.79 Å². The van der Waals surface area contributed by atoms with Gasteiger partial charge in [-0.25, -0.2) is 4.98 Å². The molecular formula is C19H21N3O2. The summed E-state index contributed by atoms with van der Waals surface area (Å²) in [6.07, 6.45) is 0.694. The Morgan fingerprint density at radius 2 is 1.88 bits per heavy atom. The minimum Gasteiger partial charge on any atom is -0.484 e. The average molecular weight is 323 g/mol. The SMILES string of the molecule is CCn1c(CCNC(=O)COc2ccccc2)nc2ccccc21. The topological polar surface area (TPSA) is 56.2 Å². The molecule has 1 heterocycles. The molecule has 3 aromatic rings. The Labute approximate surface area is 141 Å². The van der Waals surface area contributed by atoms with Crippen molar-refractivity contribution in [1.82, 2.24) is 14.9 Å². The molecule has 0 spiro atoms. The summed E-state index contributed by atoms with van der Waals surface area (Å²) in [4.78, 5) is 16.5. The zero-order chi connectivity index (χ0) is 16.8. The molecule has 24 heavy (non-hydrogen) atoms. The summed E-state index contributed by atoms with van der Waals surface area (Å²) < 4.78 is 7.61. The van der Waals surface area contributed by atoms with Crippen molar-refractivity contribution in [3.05, 3.63) is 60.4 Å². The third-order valence-electron chi connectivity index (χ3n) is 3.83. The zero-order valence-electron chi connectivity index (χ0n) is 13.7. The summed E-state index contributed by atoms with van der Waals surface area (Å²) in [5, 5.41) is 2.88. The van der Waals surface area contributed by atoms with E-state index in [0.717, 1.165) is 23.4 Å². The van der Waals surface area contributed by atoms with E-state index in [1.165, 1.54) is 0 Å². The normalized spacial score (nSPS) is 10.7. The van der Waals surface area contributed by atoms with Crippen LogP contribution in [0.5, 0.6) is 5.75 Å². The fraction of sp³-hybridized carbons (Fsp3) is 0.263. The van der Waals surface area contributed by atoms with Gasteiger partial charge in [0.1, 0.15) is 11.6 Å². The second-order valence-corrected chi connectivity index (χ2v) is 5.46. The number of imidazole rings is 1. The number of hydrogen-bond donors (Lipinski definition) is 1. The van der Waals surface area contributed by atoms with E-state index in [1.54, 1.807) is 0 Å². The zero-order valence-corrected chi connectivity index (χ0v) is 13.7. The highest BCUT2D eigenvalue weighted by molar-refractivity contribution is 5.77. The first kappa shape index (κ1) is 16.1. The monoisotopic (exact) mass is 323 g/mol. The number of para-hydroxylation sites is 3. The third kappa shape index (κ3) is 3.74. The molecule has 5 nitrogen and oxygen atoms in total. The molecule has 0 saturated heterocycles. The van der Waals surface area contributed by atoms with E-state index < -0.39 is 0 Å². The number of carbonyl (C=O) groups excluding carboxylic acids is 1. The van der Waals surface area contributed by atoms with E-state index in [0.29, 0.717) is 18.7 Å². The van der Waals surface area contributed by atoms with Crippen LogP contribution in [-0.2, 0) is 17.8 Å². The summed E-state index contributed by atoms with van der Waals surface area (Å²) in [5.41, 5.74) is 2.13. The highest BCUT2D eigenvalue weighted by Crippen LogP contribution is 2.16. The Morgan fingerprint density at radius 1 is 1.12 bits per heavy atom. The number of aryl methyl sites for hydroxylation is 1. The Balaban J connectivity index is 1.52. The van der Waals surface area contributed by atoms with Gasteiger partial charge in [-0.05, 0) is 31.2 Å². The van der Waals surface area contributed by atoms with Crippen molar-refractivity contribution in [3.8, 4) is 5.75 Å². The van der Waals surface area contributed by atoms with Crippen molar-refractivity contribution in [1.29, 1.82) is 0 Å². The minimum atomic E-state index is -0.127. The number of carbonyl (C=O) groups is 1. The highest BCUT2D eigenvalue weighted by atomic mass is 16.5. The number of ether oxygens (including phenoxy) is 1. The molecule has 1 amide bonds. The quantitative estimate of drug-likeness (QED) is 0.727. The van der Waals surface area contributed by atoms with Gasteiger partial charge < -0.3 is 14.6 Å². The van der Waals surface area contributed by atoms with E-state index in [4.69, 9.17) is 4.74 Å². The Hall–Kier alpha value is -2.82. The van der Waals surface area contributed by atoms with Gasteiger partial charge in [0.05, 0.1) is 11.0 Å². The average Bonchev–Trinajstić information content (AvgIpc) is 2.98.